The first-order valence-corrected chi connectivity index (χ1v) is 5.97. The number of hydrogen-bond acceptors (Lipinski definition) is 4. The SMILES string of the molecule is CCn1nncc1C(=O)C1Cc2ccccc2O1. The van der Waals surface area contributed by atoms with Crippen LogP contribution in [0.25, 0.3) is 0 Å². The second kappa shape index (κ2) is 4.25. The molecule has 2 aromatic rings. The minimum absolute atomic E-state index is 0.0574. The van der Waals surface area contributed by atoms with E-state index in [1.165, 1.54) is 6.20 Å². The van der Waals surface area contributed by atoms with E-state index in [4.69, 9.17) is 4.74 Å². The number of carbonyl (C=O) groups is 1. The highest BCUT2D eigenvalue weighted by Gasteiger charge is 2.31. The fourth-order valence-corrected chi connectivity index (χ4v) is 2.18. The van der Waals surface area contributed by atoms with E-state index in [1.807, 2.05) is 31.2 Å². The van der Waals surface area contributed by atoms with Crippen LogP contribution in [-0.2, 0) is 13.0 Å². The summed E-state index contributed by atoms with van der Waals surface area (Å²) in [6, 6.07) is 7.73. The molecule has 1 atom stereocenters. The molecule has 1 unspecified atom stereocenters. The maximum atomic E-state index is 12.3. The predicted octanol–water partition coefficient (Wildman–Crippen LogP) is 1.48. The lowest BCUT2D eigenvalue weighted by molar-refractivity contribution is 0.0813. The normalized spacial score (nSPS) is 17.3. The number of aryl methyl sites for hydroxylation is 1. The van der Waals surface area contributed by atoms with Crippen molar-refractivity contribution < 1.29 is 9.53 Å². The lowest BCUT2D eigenvalue weighted by Crippen LogP contribution is -2.27. The molecule has 1 aromatic heterocycles. The van der Waals surface area contributed by atoms with Crippen LogP contribution in [-0.4, -0.2) is 26.9 Å². The predicted molar refractivity (Wildman–Crippen MR) is 64.6 cm³/mol. The van der Waals surface area contributed by atoms with Gasteiger partial charge in [0.05, 0.1) is 6.20 Å². The van der Waals surface area contributed by atoms with Gasteiger partial charge in [-0.3, -0.25) is 4.79 Å². The molecule has 1 aliphatic heterocycles. The number of ketones is 1. The molecule has 1 aromatic carbocycles. The summed E-state index contributed by atoms with van der Waals surface area (Å²) in [5, 5.41) is 7.64. The van der Waals surface area contributed by atoms with Crippen molar-refractivity contribution in [2.24, 2.45) is 0 Å². The van der Waals surface area contributed by atoms with Crippen molar-refractivity contribution in [3.05, 3.63) is 41.7 Å². The molecule has 0 amide bonds. The number of carbonyl (C=O) groups excluding carboxylic acids is 1. The van der Waals surface area contributed by atoms with Gasteiger partial charge in [0.2, 0.25) is 5.78 Å². The molecule has 0 bridgehead atoms. The van der Waals surface area contributed by atoms with Crippen molar-refractivity contribution in [3.63, 3.8) is 0 Å². The van der Waals surface area contributed by atoms with Crippen molar-refractivity contribution in [3.8, 4) is 5.75 Å². The fraction of sp³-hybridized carbons (Fsp3) is 0.308. The standard InChI is InChI=1S/C13H13N3O2/c1-2-16-10(8-14-15-16)13(17)12-7-9-5-3-4-6-11(9)18-12/h3-6,8,12H,2,7H2,1H3. The third-order valence-electron chi connectivity index (χ3n) is 3.11. The van der Waals surface area contributed by atoms with Gasteiger partial charge in [-0.25, -0.2) is 4.68 Å². The Labute approximate surface area is 104 Å². The van der Waals surface area contributed by atoms with Crippen LogP contribution in [0.2, 0.25) is 0 Å². The third kappa shape index (κ3) is 1.68. The maximum absolute atomic E-state index is 12.3. The van der Waals surface area contributed by atoms with Crippen LogP contribution in [0.4, 0.5) is 0 Å². The molecule has 0 aliphatic carbocycles. The summed E-state index contributed by atoms with van der Waals surface area (Å²) >= 11 is 0. The Kier molecular flexibility index (Phi) is 2.59. The van der Waals surface area contributed by atoms with E-state index in [-0.39, 0.29) is 5.78 Å². The Balaban J connectivity index is 1.85. The molecule has 0 spiro atoms. The van der Waals surface area contributed by atoms with Gasteiger partial charge in [0, 0.05) is 13.0 Å². The summed E-state index contributed by atoms with van der Waals surface area (Å²) < 4.78 is 7.27. The van der Waals surface area contributed by atoms with Crippen molar-refractivity contribution in [2.75, 3.05) is 0 Å². The number of hydrogen-bond donors (Lipinski definition) is 0. The molecule has 0 saturated heterocycles. The highest BCUT2D eigenvalue weighted by atomic mass is 16.5. The van der Waals surface area contributed by atoms with Crippen LogP contribution < -0.4 is 4.74 Å². The minimum atomic E-state index is -0.453. The van der Waals surface area contributed by atoms with Gasteiger partial charge in [-0.05, 0) is 18.6 Å². The number of benzene rings is 1. The molecule has 0 N–H and O–H groups in total. The first-order chi connectivity index (χ1) is 8.79. The minimum Gasteiger partial charge on any atom is -0.482 e. The van der Waals surface area contributed by atoms with Gasteiger partial charge in [0.1, 0.15) is 11.4 Å². The van der Waals surface area contributed by atoms with Crippen molar-refractivity contribution in [1.29, 1.82) is 0 Å². The van der Waals surface area contributed by atoms with Crippen molar-refractivity contribution in [1.82, 2.24) is 15.0 Å². The summed E-state index contributed by atoms with van der Waals surface area (Å²) in [5.41, 5.74) is 1.58. The van der Waals surface area contributed by atoms with Gasteiger partial charge < -0.3 is 4.74 Å². The van der Waals surface area contributed by atoms with E-state index in [0.717, 1.165) is 11.3 Å². The number of para-hydroxylation sites is 1. The Morgan fingerprint density at radius 2 is 2.33 bits per heavy atom. The summed E-state index contributed by atoms with van der Waals surface area (Å²) in [4.78, 5) is 12.3. The van der Waals surface area contributed by atoms with E-state index in [2.05, 4.69) is 10.3 Å². The number of Topliss-reactive ketones (excluding diaryl/α,β-unsaturated/α-hetero) is 1. The van der Waals surface area contributed by atoms with Crippen LogP contribution in [0, 0.1) is 0 Å². The number of fused-ring (bicyclic) bond motifs is 1. The summed E-state index contributed by atoms with van der Waals surface area (Å²) in [6.07, 6.45) is 1.66. The zero-order valence-corrected chi connectivity index (χ0v) is 10.0. The second-order valence-corrected chi connectivity index (χ2v) is 4.22. The Bertz CT molecular complexity index is 566. The molecule has 18 heavy (non-hydrogen) atoms. The Morgan fingerprint density at radius 3 is 3.11 bits per heavy atom. The summed E-state index contributed by atoms with van der Waals surface area (Å²) in [6.45, 7) is 2.55. The third-order valence-corrected chi connectivity index (χ3v) is 3.11. The Hall–Kier alpha value is -2.17. The average molecular weight is 243 g/mol. The van der Waals surface area contributed by atoms with E-state index in [9.17, 15) is 4.79 Å². The van der Waals surface area contributed by atoms with Crippen LogP contribution in [0.3, 0.4) is 0 Å². The molecule has 2 heterocycles. The number of ether oxygens (including phenoxy) is 1. The van der Waals surface area contributed by atoms with Crippen LogP contribution >= 0.6 is 0 Å². The van der Waals surface area contributed by atoms with Gasteiger partial charge in [-0.1, -0.05) is 23.4 Å². The monoisotopic (exact) mass is 243 g/mol. The van der Waals surface area contributed by atoms with Crippen LogP contribution in [0.5, 0.6) is 5.75 Å². The molecule has 0 radical (unpaired) electrons. The van der Waals surface area contributed by atoms with Gasteiger partial charge in [0.25, 0.3) is 0 Å². The van der Waals surface area contributed by atoms with E-state index < -0.39 is 6.10 Å². The van der Waals surface area contributed by atoms with E-state index >= 15 is 0 Å². The van der Waals surface area contributed by atoms with Gasteiger partial charge in [-0.15, -0.1) is 5.10 Å². The largest absolute Gasteiger partial charge is 0.482 e. The lowest BCUT2D eigenvalue weighted by atomic mass is 10.1. The molecule has 5 nitrogen and oxygen atoms in total. The fourth-order valence-electron chi connectivity index (χ4n) is 2.18. The molecule has 3 rings (SSSR count). The van der Waals surface area contributed by atoms with Crippen molar-refractivity contribution >= 4 is 5.78 Å². The summed E-state index contributed by atoms with van der Waals surface area (Å²) in [5.74, 6) is 0.740. The summed E-state index contributed by atoms with van der Waals surface area (Å²) in [7, 11) is 0. The smallest absolute Gasteiger partial charge is 0.223 e. The number of rotatable bonds is 3. The lowest BCUT2D eigenvalue weighted by Gasteiger charge is -2.09. The molecule has 5 heteroatoms. The highest BCUT2D eigenvalue weighted by Crippen LogP contribution is 2.29. The van der Waals surface area contributed by atoms with Crippen molar-refractivity contribution in [2.45, 2.75) is 26.0 Å². The van der Waals surface area contributed by atoms with Gasteiger partial charge in [0.15, 0.2) is 6.10 Å². The number of aromatic nitrogens is 3. The second-order valence-electron chi connectivity index (χ2n) is 4.22. The maximum Gasteiger partial charge on any atom is 0.223 e. The topological polar surface area (TPSA) is 57.0 Å². The van der Waals surface area contributed by atoms with E-state index in [0.29, 0.717) is 18.7 Å². The quantitative estimate of drug-likeness (QED) is 0.766. The zero-order chi connectivity index (χ0) is 12.5. The molecule has 0 fully saturated rings. The molecule has 1 aliphatic rings. The average Bonchev–Trinajstić information content (AvgIpc) is 3.03. The first kappa shape index (κ1) is 11.0. The zero-order valence-electron chi connectivity index (χ0n) is 10.0. The van der Waals surface area contributed by atoms with E-state index in [1.54, 1.807) is 4.68 Å². The van der Waals surface area contributed by atoms with Crippen LogP contribution in [0.1, 0.15) is 23.0 Å². The molecular formula is C13H13N3O2. The highest BCUT2D eigenvalue weighted by molar-refractivity contribution is 5.98. The Morgan fingerprint density at radius 1 is 1.50 bits per heavy atom. The van der Waals surface area contributed by atoms with Gasteiger partial charge in [-0.2, -0.15) is 0 Å². The first-order valence-electron chi connectivity index (χ1n) is 5.97. The number of nitrogens with zero attached hydrogens (tertiary/aromatic N) is 3. The van der Waals surface area contributed by atoms with Crippen LogP contribution in [0.15, 0.2) is 30.5 Å². The molecule has 92 valence electrons. The molecule has 0 saturated carbocycles. The van der Waals surface area contributed by atoms with Gasteiger partial charge >= 0.3 is 0 Å². The molecular weight excluding hydrogens is 230 g/mol.